The predicted octanol–water partition coefficient (Wildman–Crippen LogP) is 3.62. The number of ether oxygens (including phenoxy) is 1. The number of nitrogens with one attached hydrogen (secondary N) is 1. The number of rotatable bonds is 4. The van der Waals surface area contributed by atoms with Crippen LogP contribution < -0.4 is 10.1 Å². The van der Waals surface area contributed by atoms with Crippen molar-refractivity contribution >= 4 is 5.69 Å². The van der Waals surface area contributed by atoms with Gasteiger partial charge in [-0.3, -0.25) is 0 Å². The van der Waals surface area contributed by atoms with E-state index in [1.165, 1.54) is 0 Å². The van der Waals surface area contributed by atoms with Gasteiger partial charge in [0.1, 0.15) is 17.4 Å². The molecule has 0 aliphatic rings. The van der Waals surface area contributed by atoms with Gasteiger partial charge in [0.25, 0.3) is 0 Å². The zero-order valence-corrected chi connectivity index (χ0v) is 13.1. The second-order valence-corrected chi connectivity index (χ2v) is 5.54. The first-order valence-corrected chi connectivity index (χ1v) is 7.18. The molecule has 0 saturated carbocycles. The zero-order valence-electron chi connectivity index (χ0n) is 13.1. The lowest BCUT2D eigenvalue weighted by atomic mass is 10.0. The third-order valence-electron chi connectivity index (χ3n) is 3.06. The monoisotopic (exact) mass is 295 g/mol. The highest BCUT2D eigenvalue weighted by atomic mass is 16.5. The molecule has 114 valence electrons. The van der Waals surface area contributed by atoms with Crippen LogP contribution >= 0.6 is 0 Å². The Morgan fingerprint density at radius 2 is 1.68 bits per heavy atom. The van der Waals surface area contributed by atoms with Gasteiger partial charge in [-0.2, -0.15) is 0 Å². The van der Waals surface area contributed by atoms with Crippen molar-refractivity contribution < 1.29 is 9.84 Å². The maximum Gasteiger partial charge on any atom is 0.120 e. The third kappa shape index (κ3) is 4.83. The summed E-state index contributed by atoms with van der Waals surface area (Å²) in [5, 5.41) is 13.2. The topological polar surface area (TPSA) is 41.5 Å². The summed E-state index contributed by atoms with van der Waals surface area (Å²) >= 11 is 0. The van der Waals surface area contributed by atoms with Crippen LogP contribution in [0.2, 0.25) is 0 Å². The van der Waals surface area contributed by atoms with E-state index >= 15 is 0 Å². The molecule has 0 heterocycles. The average Bonchev–Trinajstić information content (AvgIpc) is 2.52. The van der Waals surface area contributed by atoms with Crippen molar-refractivity contribution in [1.82, 2.24) is 0 Å². The van der Waals surface area contributed by atoms with Crippen molar-refractivity contribution in [1.29, 1.82) is 0 Å². The first-order chi connectivity index (χ1) is 10.5. The maximum atomic E-state index is 9.83. The predicted molar refractivity (Wildman–Crippen MR) is 89.9 cm³/mol. The van der Waals surface area contributed by atoms with E-state index < -0.39 is 5.60 Å². The van der Waals surface area contributed by atoms with Crippen LogP contribution in [0.5, 0.6) is 5.75 Å². The molecule has 0 saturated heterocycles. The molecule has 1 atom stereocenters. The SMILES string of the molecule is COc1ccc(N[C@@H](C#CC(C)(C)O)c2ccccc2)cc1. The highest BCUT2D eigenvalue weighted by Gasteiger charge is 2.11. The van der Waals surface area contributed by atoms with Crippen molar-refractivity contribution in [3.8, 4) is 17.6 Å². The Morgan fingerprint density at radius 1 is 1.05 bits per heavy atom. The highest BCUT2D eigenvalue weighted by Crippen LogP contribution is 2.21. The minimum atomic E-state index is -1.02. The molecule has 0 aliphatic carbocycles. The minimum absolute atomic E-state index is 0.194. The van der Waals surface area contributed by atoms with E-state index in [2.05, 4.69) is 17.2 Å². The molecule has 3 nitrogen and oxygen atoms in total. The van der Waals surface area contributed by atoms with Crippen molar-refractivity contribution in [2.75, 3.05) is 12.4 Å². The number of anilines is 1. The van der Waals surface area contributed by atoms with Gasteiger partial charge in [0, 0.05) is 5.69 Å². The summed E-state index contributed by atoms with van der Waals surface area (Å²) in [5.74, 6) is 6.80. The van der Waals surface area contributed by atoms with Crippen LogP contribution in [0.4, 0.5) is 5.69 Å². The first kappa shape index (κ1) is 15.9. The van der Waals surface area contributed by atoms with Gasteiger partial charge in [0.2, 0.25) is 0 Å². The summed E-state index contributed by atoms with van der Waals surface area (Å²) in [6.45, 7) is 3.35. The van der Waals surface area contributed by atoms with E-state index in [1.807, 2.05) is 54.6 Å². The molecule has 0 amide bonds. The fourth-order valence-corrected chi connectivity index (χ4v) is 1.95. The molecule has 2 aromatic carbocycles. The molecule has 22 heavy (non-hydrogen) atoms. The Bertz CT molecular complexity index is 646. The Labute approximate surface area is 131 Å². The lowest BCUT2D eigenvalue weighted by molar-refractivity contribution is 0.143. The number of benzene rings is 2. The molecule has 2 aromatic rings. The summed E-state index contributed by atoms with van der Waals surface area (Å²) in [5.41, 5.74) is 0.976. The quantitative estimate of drug-likeness (QED) is 0.846. The van der Waals surface area contributed by atoms with Gasteiger partial charge < -0.3 is 15.2 Å². The van der Waals surface area contributed by atoms with E-state index in [-0.39, 0.29) is 6.04 Å². The smallest absolute Gasteiger partial charge is 0.120 e. The highest BCUT2D eigenvalue weighted by molar-refractivity contribution is 5.50. The van der Waals surface area contributed by atoms with E-state index in [4.69, 9.17) is 4.74 Å². The minimum Gasteiger partial charge on any atom is -0.497 e. The maximum absolute atomic E-state index is 9.83. The molecule has 0 bridgehead atoms. The Hall–Kier alpha value is -2.44. The van der Waals surface area contributed by atoms with Crippen molar-refractivity contribution in [3.63, 3.8) is 0 Å². The Morgan fingerprint density at radius 3 is 2.23 bits per heavy atom. The first-order valence-electron chi connectivity index (χ1n) is 7.18. The van der Waals surface area contributed by atoms with E-state index in [1.54, 1.807) is 21.0 Å². The number of aliphatic hydroxyl groups is 1. The summed E-state index contributed by atoms with van der Waals surface area (Å²) in [6.07, 6.45) is 0. The van der Waals surface area contributed by atoms with Crippen LogP contribution in [-0.2, 0) is 0 Å². The van der Waals surface area contributed by atoms with Gasteiger partial charge in [-0.1, -0.05) is 42.2 Å². The zero-order chi connectivity index (χ0) is 16.0. The third-order valence-corrected chi connectivity index (χ3v) is 3.06. The molecule has 0 fully saturated rings. The number of methoxy groups -OCH3 is 1. The fourth-order valence-electron chi connectivity index (χ4n) is 1.95. The summed E-state index contributed by atoms with van der Waals surface area (Å²) in [6, 6.07) is 17.4. The molecule has 0 unspecified atom stereocenters. The van der Waals surface area contributed by atoms with Crippen molar-refractivity contribution in [2.24, 2.45) is 0 Å². The summed E-state index contributed by atoms with van der Waals surface area (Å²) in [4.78, 5) is 0. The molecule has 0 aromatic heterocycles. The van der Waals surface area contributed by atoms with E-state index in [0.717, 1.165) is 17.0 Å². The molecular formula is C19H21NO2. The van der Waals surface area contributed by atoms with E-state index in [9.17, 15) is 5.11 Å². The number of hydrogen-bond acceptors (Lipinski definition) is 3. The van der Waals surface area contributed by atoms with Crippen LogP contribution in [0.25, 0.3) is 0 Å². The van der Waals surface area contributed by atoms with Gasteiger partial charge in [0.15, 0.2) is 0 Å². The van der Waals surface area contributed by atoms with Crippen LogP contribution in [-0.4, -0.2) is 17.8 Å². The van der Waals surface area contributed by atoms with Crippen molar-refractivity contribution in [3.05, 3.63) is 60.2 Å². The van der Waals surface area contributed by atoms with Gasteiger partial charge in [-0.15, -0.1) is 0 Å². The molecule has 0 spiro atoms. The Balaban J connectivity index is 2.25. The largest absolute Gasteiger partial charge is 0.497 e. The van der Waals surface area contributed by atoms with Gasteiger partial charge in [-0.25, -0.2) is 0 Å². The van der Waals surface area contributed by atoms with Crippen LogP contribution in [0.1, 0.15) is 25.5 Å². The van der Waals surface area contributed by atoms with Crippen LogP contribution in [0, 0.1) is 11.8 Å². The summed E-state index contributed by atoms with van der Waals surface area (Å²) < 4.78 is 5.16. The molecule has 0 radical (unpaired) electrons. The summed E-state index contributed by atoms with van der Waals surface area (Å²) in [7, 11) is 1.64. The van der Waals surface area contributed by atoms with E-state index in [0.29, 0.717) is 0 Å². The van der Waals surface area contributed by atoms with Crippen LogP contribution in [0.3, 0.4) is 0 Å². The second-order valence-electron chi connectivity index (χ2n) is 5.54. The molecule has 2 rings (SSSR count). The normalized spacial score (nSPS) is 12.0. The molecule has 3 heteroatoms. The average molecular weight is 295 g/mol. The lowest BCUT2D eigenvalue weighted by Gasteiger charge is -2.16. The molecule has 0 aliphatic heterocycles. The lowest BCUT2D eigenvalue weighted by Crippen LogP contribution is -2.16. The second kappa shape index (κ2) is 7.02. The fraction of sp³-hybridized carbons (Fsp3) is 0.263. The van der Waals surface area contributed by atoms with Gasteiger partial charge in [-0.05, 0) is 43.7 Å². The van der Waals surface area contributed by atoms with Gasteiger partial charge >= 0.3 is 0 Å². The van der Waals surface area contributed by atoms with Crippen LogP contribution in [0.15, 0.2) is 54.6 Å². The molecule has 2 N–H and O–H groups in total. The number of hydrogen-bond donors (Lipinski definition) is 2. The van der Waals surface area contributed by atoms with Gasteiger partial charge in [0.05, 0.1) is 7.11 Å². The van der Waals surface area contributed by atoms with Crippen molar-refractivity contribution in [2.45, 2.75) is 25.5 Å². The standard InChI is InChI=1S/C19H21NO2/c1-19(2,21)14-13-18(15-7-5-4-6-8-15)20-16-9-11-17(22-3)12-10-16/h4-12,18,20-21H,1-3H3/t18-/m0/s1. The molecular weight excluding hydrogens is 274 g/mol. The Kier molecular flexibility index (Phi) is 5.08.